The number of carbonyl (C=O) groups excluding carboxylic acids is 1. The summed E-state index contributed by atoms with van der Waals surface area (Å²) in [6, 6.07) is 14.7. The SMILES string of the molecule is O=C(CN1CCC(C(c2ccccc2)N2CCOCC2)CC1)C1CCCN1S(=O)(=O)c1ccc(Cl)c(Cl)c1. The van der Waals surface area contributed by atoms with Gasteiger partial charge < -0.3 is 4.74 Å². The van der Waals surface area contributed by atoms with Crippen molar-refractivity contribution in [3.63, 3.8) is 0 Å². The third-order valence-electron chi connectivity index (χ3n) is 8.11. The molecule has 38 heavy (non-hydrogen) atoms. The number of morpholine rings is 1. The lowest BCUT2D eigenvalue weighted by Gasteiger charge is -2.43. The lowest BCUT2D eigenvalue weighted by Crippen LogP contribution is -2.48. The molecule has 3 heterocycles. The second-order valence-electron chi connectivity index (χ2n) is 10.4. The van der Waals surface area contributed by atoms with Crippen LogP contribution in [0.3, 0.4) is 0 Å². The van der Waals surface area contributed by atoms with Gasteiger partial charge in [-0.15, -0.1) is 0 Å². The fourth-order valence-electron chi connectivity index (χ4n) is 6.16. The van der Waals surface area contributed by atoms with E-state index in [9.17, 15) is 13.2 Å². The molecule has 0 aliphatic carbocycles. The Labute approximate surface area is 235 Å². The molecule has 5 rings (SSSR count). The number of piperidine rings is 1. The van der Waals surface area contributed by atoms with Gasteiger partial charge in [-0.05, 0) is 68.5 Å². The van der Waals surface area contributed by atoms with Gasteiger partial charge in [-0.2, -0.15) is 4.31 Å². The van der Waals surface area contributed by atoms with E-state index in [-0.39, 0.29) is 22.2 Å². The monoisotopic (exact) mass is 579 g/mol. The van der Waals surface area contributed by atoms with Crippen molar-refractivity contribution < 1.29 is 17.9 Å². The Morgan fingerprint density at radius 1 is 0.921 bits per heavy atom. The molecule has 3 fully saturated rings. The molecule has 0 bridgehead atoms. The van der Waals surface area contributed by atoms with Crippen LogP contribution in [0.2, 0.25) is 10.0 Å². The fourth-order valence-corrected chi connectivity index (χ4v) is 8.23. The zero-order valence-electron chi connectivity index (χ0n) is 21.5. The second kappa shape index (κ2) is 12.3. The first-order valence-electron chi connectivity index (χ1n) is 13.4. The number of sulfonamides is 1. The maximum Gasteiger partial charge on any atom is 0.243 e. The zero-order valence-corrected chi connectivity index (χ0v) is 23.8. The largest absolute Gasteiger partial charge is 0.379 e. The highest BCUT2D eigenvalue weighted by molar-refractivity contribution is 7.89. The number of likely N-dealkylation sites (tertiary alicyclic amines) is 1. The zero-order chi connectivity index (χ0) is 26.7. The van der Waals surface area contributed by atoms with E-state index in [1.807, 2.05) is 0 Å². The van der Waals surface area contributed by atoms with Crippen LogP contribution in [0, 0.1) is 5.92 Å². The van der Waals surface area contributed by atoms with E-state index in [2.05, 4.69) is 40.1 Å². The van der Waals surface area contributed by atoms with Gasteiger partial charge in [0.25, 0.3) is 0 Å². The summed E-state index contributed by atoms with van der Waals surface area (Å²) in [4.78, 5) is 18.2. The van der Waals surface area contributed by atoms with E-state index in [0.29, 0.717) is 36.4 Å². The van der Waals surface area contributed by atoms with E-state index in [1.54, 1.807) is 0 Å². The number of Topliss-reactive ketones (excluding diaryl/α,β-unsaturated/α-hetero) is 1. The van der Waals surface area contributed by atoms with Crippen molar-refractivity contribution >= 4 is 39.0 Å². The Morgan fingerprint density at radius 3 is 2.32 bits per heavy atom. The minimum Gasteiger partial charge on any atom is -0.379 e. The van der Waals surface area contributed by atoms with Crippen molar-refractivity contribution in [3.05, 3.63) is 64.1 Å². The average Bonchev–Trinajstić information content (AvgIpc) is 3.44. The number of hydrogen-bond acceptors (Lipinski definition) is 6. The van der Waals surface area contributed by atoms with E-state index in [4.69, 9.17) is 27.9 Å². The summed E-state index contributed by atoms with van der Waals surface area (Å²) in [5.41, 5.74) is 1.35. The van der Waals surface area contributed by atoms with Crippen LogP contribution in [0.5, 0.6) is 0 Å². The number of carbonyl (C=O) groups is 1. The number of halogens is 2. The minimum absolute atomic E-state index is 0.0302. The molecule has 2 aromatic rings. The van der Waals surface area contributed by atoms with Gasteiger partial charge in [-0.1, -0.05) is 53.5 Å². The Hall–Kier alpha value is -1.52. The van der Waals surface area contributed by atoms with Crippen LogP contribution in [0.25, 0.3) is 0 Å². The molecule has 0 saturated carbocycles. The smallest absolute Gasteiger partial charge is 0.243 e. The Morgan fingerprint density at radius 2 is 1.63 bits per heavy atom. The predicted octanol–water partition coefficient (Wildman–Crippen LogP) is 4.50. The van der Waals surface area contributed by atoms with Crippen molar-refractivity contribution in [2.75, 3.05) is 52.5 Å². The molecular formula is C28H35Cl2N3O4S. The first kappa shape index (κ1) is 28.0. The minimum atomic E-state index is -3.84. The van der Waals surface area contributed by atoms with Crippen LogP contribution >= 0.6 is 23.2 Å². The highest BCUT2D eigenvalue weighted by Gasteiger charge is 2.40. The molecule has 2 atom stereocenters. The highest BCUT2D eigenvalue weighted by atomic mass is 35.5. The quantitative estimate of drug-likeness (QED) is 0.458. The molecule has 0 aromatic heterocycles. The predicted molar refractivity (Wildman–Crippen MR) is 149 cm³/mol. The first-order valence-corrected chi connectivity index (χ1v) is 15.6. The van der Waals surface area contributed by atoms with Gasteiger partial charge in [-0.25, -0.2) is 8.42 Å². The standard InChI is InChI=1S/C28H35Cl2N3O4S/c29-24-9-8-23(19-25(24)30)38(35,36)33-12-4-7-26(33)27(34)20-31-13-10-22(11-14-31)28(21-5-2-1-3-6-21)32-15-17-37-18-16-32/h1-3,5-6,8-9,19,22,26,28H,4,7,10-18,20H2. The summed E-state index contributed by atoms with van der Waals surface area (Å²) in [7, 11) is -3.84. The van der Waals surface area contributed by atoms with E-state index >= 15 is 0 Å². The molecule has 2 unspecified atom stereocenters. The number of ether oxygens (including phenoxy) is 1. The topological polar surface area (TPSA) is 70.2 Å². The van der Waals surface area contributed by atoms with Crippen molar-refractivity contribution in [3.8, 4) is 0 Å². The molecule has 0 radical (unpaired) electrons. The van der Waals surface area contributed by atoms with Gasteiger partial charge in [0.15, 0.2) is 5.78 Å². The van der Waals surface area contributed by atoms with Crippen molar-refractivity contribution in [2.24, 2.45) is 5.92 Å². The fraction of sp³-hybridized carbons (Fsp3) is 0.536. The van der Waals surface area contributed by atoms with Crippen molar-refractivity contribution in [1.29, 1.82) is 0 Å². The van der Waals surface area contributed by atoms with Crippen LogP contribution in [-0.4, -0.2) is 86.8 Å². The van der Waals surface area contributed by atoms with E-state index in [1.165, 1.54) is 28.1 Å². The van der Waals surface area contributed by atoms with Crippen molar-refractivity contribution in [2.45, 2.75) is 42.7 Å². The normalized spacial score (nSPS) is 23.5. The summed E-state index contributed by atoms with van der Waals surface area (Å²) in [6.07, 6.45) is 3.21. The van der Waals surface area contributed by atoms with Gasteiger partial charge in [0, 0.05) is 25.7 Å². The van der Waals surface area contributed by atoms with Gasteiger partial charge in [0.05, 0.1) is 40.7 Å². The number of nitrogens with zero attached hydrogens (tertiary/aromatic N) is 3. The summed E-state index contributed by atoms with van der Waals surface area (Å²) in [5, 5.41) is 0.481. The van der Waals surface area contributed by atoms with Crippen LogP contribution < -0.4 is 0 Å². The van der Waals surface area contributed by atoms with Crippen LogP contribution in [-0.2, 0) is 19.6 Å². The highest BCUT2D eigenvalue weighted by Crippen LogP contribution is 2.36. The molecule has 206 valence electrons. The molecule has 7 nitrogen and oxygen atoms in total. The summed E-state index contributed by atoms with van der Waals surface area (Å²) < 4.78 is 33.7. The van der Waals surface area contributed by atoms with E-state index < -0.39 is 16.1 Å². The van der Waals surface area contributed by atoms with E-state index in [0.717, 1.165) is 52.2 Å². The maximum absolute atomic E-state index is 13.4. The number of hydrogen-bond donors (Lipinski definition) is 0. The third-order valence-corrected chi connectivity index (χ3v) is 10.8. The van der Waals surface area contributed by atoms with Crippen LogP contribution in [0.4, 0.5) is 0 Å². The molecule has 0 N–H and O–H groups in total. The maximum atomic E-state index is 13.4. The van der Waals surface area contributed by atoms with Crippen molar-refractivity contribution in [1.82, 2.24) is 14.1 Å². The molecule has 0 amide bonds. The number of benzene rings is 2. The molecular weight excluding hydrogens is 545 g/mol. The first-order chi connectivity index (χ1) is 18.3. The second-order valence-corrected chi connectivity index (χ2v) is 13.1. The van der Waals surface area contributed by atoms with Gasteiger partial charge in [0.1, 0.15) is 0 Å². The summed E-state index contributed by atoms with van der Waals surface area (Å²) in [5.74, 6) is 0.470. The Bertz CT molecular complexity index is 1220. The molecule has 3 saturated heterocycles. The van der Waals surface area contributed by atoms with Gasteiger partial charge >= 0.3 is 0 Å². The van der Waals surface area contributed by atoms with Crippen LogP contribution in [0.1, 0.15) is 37.3 Å². The van der Waals surface area contributed by atoms with Gasteiger partial charge in [-0.3, -0.25) is 14.6 Å². The lowest BCUT2D eigenvalue weighted by atomic mass is 9.84. The molecule has 0 spiro atoms. The average molecular weight is 581 g/mol. The third kappa shape index (κ3) is 6.12. The number of ketones is 1. The van der Waals surface area contributed by atoms with Crippen LogP contribution in [0.15, 0.2) is 53.4 Å². The Kier molecular flexibility index (Phi) is 9.10. The molecule has 3 aliphatic heterocycles. The lowest BCUT2D eigenvalue weighted by molar-refractivity contribution is -0.123. The number of rotatable bonds is 8. The summed E-state index contributed by atoms with van der Waals surface area (Å²) >= 11 is 12.1. The molecule has 2 aromatic carbocycles. The summed E-state index contributed by atoms with van der Waals surface area (Å²) in [6.45, 7) is 5.66. The van der Waals surface area contributed by atoms with Gasteiger partial charge in [0.2, 0.25) is 10.0 Å². The molecule has 3 aliphatic rings. The molecule has 10 heteroatoms. The Balaban J connectivity index is 1.22.